The molecule has 1 fully saturated rings. The SMILES string of the molecule is Nc1ccc(S(=O)(=O)N2CCN(CCO)CC2)c(Br)c1. The fourth-order valence-electron chi connectivity index (χ4n) is 2.20. The van der Waals surface area contributed by atoms with E-state index in [1.54, 1.807) is 12.1 Å². The summed E-state index contributed by atoms with van der Waals surface area (Å²) >= 11 is 3.26. The van der Waals surface area contributed by atoms with Crippen molar-refractivity contribution in [3.8, 4) is 0 Å². The van der Waals surface area contributed by atoms with E-state index in [9.17, 15) is 8.42 Å². The van der Waals surface area contributed by atoms with Crippen LogP contribution < -0.4 is 5.73 Å². The topological polar surface area (TPSA) is 86.9 Å². The molecule has 0 aromatic heterocycles. The lowest BCUT2D eigenvalue weighted by molar-refractivity contribution is 0.151. The number of rotatable bonds is 4. The molecule has 1 saturated heterocycles. The van der Waals surface area contributed by atoms with E-state index in [0.29, 0.717) is 42.9 Å². The normalized spacial score (nSPS) is 18.3. The van der Waals surface area contributed by atoms with Crippen LogP contribution in [0.4, 0.5) is 5.69 Å². The van der Waals surface area contributed by atoms with E-state index in [0.717, 1.165) is 0 Å². The molecule has 20 heavy (non-hydrogen) atoms. The summed E-state index contributed by atoms with van der Waals surface area (Å²) in [5.41, 5.74) is 6.15. The van der Waals surface area contributed by atoms with Crippen molar-refractivity contribution in [2.24, 2.45) is 0 Å². The van der Waals surface area contributed by atoms with E-state index in [-0.39, 0.29) is 11.5 Å². The van der Waals surface area contributed by atoms with Gasteiger partial charge in [0.2, 0.25) is 10.0 Å². The van der Waals surface area contributed by atoms with Crippen LogP contribution in [0.3, 0.4) is 0 Å². The standard InChI is InChI=1S/C12H18BrN3O3S/c13-11-9-10(14)1-2-12(11)20(18,19)16-5-3-15(4-6-16)7-8-17/h1-2,9,17H,3-8,14H2. The van der Waals surface area contributed by atoms with E-state index in [1.807, 2.05) is 4.90 Å². The van der Waals surface area contributed by atoms with Gasteiger partial charge in [0.25, 0.3) is 0 Å². The number of β-amino-alcohol motifs (C(OH)–C–C–N with tert-alkyl or cyclic N) is 1. The van der Waals surface area contributed by atoms with Gasteiger partial charge in [-0.05, 0) is 34.1 Å². The number of aliphatic hydroxyl groups is 1. The summed E-state index contributed by atoms with van der Waals surface area (Å²) in [5, 5.41) is 8.89. The molecule has 0 aliphatic carbocycles. The average Bonchev–Trinajstić information content (AvgIpc) is 2.39. The predicted molar refractivity (Wildman–Crippen MR) is 80.8 cm³/mol. The minimum absolute atomic E-state index is 0.0935. The maximum absolute atomic E-state index is 12.6. The number of hydrogen-bond acceptors (Lipinski definition) is 5. The number of nitrogens with zero attached hydrogens (tertiary/aromatic N) is 2. The van der Waals surface area contributed by atoms with Gasteiger partial charge >= 0.3 is 0 Å². The second-order valence-electron chi connectivity index (χ2n) is 4.66. The van der Waals surface area contributed by atoms with Gasteiger partial charge < -0.3 is 10.8 Å². The van der Waals surface area contributed by atoms with Crippen LogP contribution in [0.2, 0.25) is 0 Å². The van der Waals surface area contributed by atoms with Crippen molar-refractivity contribution < 1.29 is 13.5 Å². The Kier molecular flexibility index (Phi) is 5.03. The molecule has 0 atom stereocenters. The first kappa shape index (κ1) is 15.7. The summed E-state index contributed by atoms with van der Waals surface area (Å²) in [6.45, 7) is 2.80. The van der Waals surface area contributed by atoms with Gasteiger partial charge in [-0.15, -0.1) is 0 Å². The Morgan fingerprint density at radius 3 is 2.45 bits per heavy atom. The quantitative estimate of drug-likeness (QED) is 0.752. The molecule has 0 bridgehead atoms. The Labute approximate surface area is 127 Å². The van der Waals surface area contributed by atoms with E-state index < -0.39 is 10.0 Å². The smallest absolute Gasteiger partial charge is 0.244 e. The number of hydrogen-bond donors (Lipinski definition) is 2. The van der Waals surface area contributed by atoms with Gasteiger partial charge in [0, 0.05) is 42.9 Å². The van der Waals surface area contributed by atoms with Crippen molar-refractivity contribution >= 4 is 31.6 Å². The van der Waals surface area contributed by atoms with Crippen LogP contribution in [0.5, 0.6) is 0 Å². The number of anilines is 1. The highest BCUT2D eigenvalue weighted by molar-refractivity contribution is 9.10. The third-order valence-electron chi connectivity index (χ3n) is 3.32. The van der Waals surface area contributed by atoms with Crippen molar-refractivity contribution in [3.63, 3.8) is 0 Å². The predicted octanol–water partition coefficient (Wildman–Crippen LogP) is 0.330. The number of nitrogen functional groups attached to an aromatic ring is 1. The molecule has 3 N–H and O–H groups in total. The van der Waals surface area contributed by atoms with Crippen molar-refractivity contribution in [3.05, 3.63) is 22.7 Å². The fourth-order valence-corrected chi connectivity index (χ4v) is 4.68. The van der Waals surface area contributed by atoms with Crippen LogP contribution >= 0.6 is 15.9 Å². The molecular formula is C12H18BrN3O3S. The Balaban J connectivity index is 2.15. The number of aliphatic hydroxyl groups excluding tert-OH is 1. The van der Waals surface area contributed by atoms with E-state index in [2.05, 4.69) is 15.9 Å². The third kappa shape index (κ3) is 3.32. The van der Waals surface area contributed by atoms with Gasteiger partial charge in [-0.3, -0.25) is 4.90 Å². The molecule has 6 nitrogen and oxygen atoms in total. The largest absolute Gasteiger partial charge is 0.399 e. The number of sulfonamides is 1. The van der Waals surface area contributed by atoms with Gasteiger partial charge in [0.15, 0.2) is 0 Å². The number of nitrogens with two attached hydrogens (primary N) is 1. The zero-order valence-corrected chi connectivity index (χ0v) is 13.4. The second-order valence-corrected chi connectivity index (χ2v) is 7.42. The van der Waals surface area contributed by atoms with Crippen molar-refractivity contribution in [2.75, 3.05) is 45.1 Å². The average molecular weight is 364 g/mol. The number of benzene rings is 1. The first-order chi connectivity index (χ1) is 9.45. The van der Waals surface area contributed by atoms with Gasteiger partial charge in [-0.25, -0.2) is 8.42 Å². The molecule has 0 amide bonds. The maximum Gasteiger partial charge on any atom is 0.244 e. The lowest BCUT2D eigenvalue weighted by Crippen LogP contribution is -2.49. The minimum atomic E-state index is -3.51. The zero-order chi connectivity index (χ0) is 14.8. The summed E-state index contributed by atoms with van der Waals surface area (Å²) in [6, 6.07) is 4.70. The van der Waals surface area contributed by atoms with Crippen molar-refractivity contribution in [1.29, 1.82) is 0 Å². The van der Waals surface area contributed by atoms with Crippen LogP contribution in [0.1, 0.15) is 0 Å². The summed E-state index contributed by atoms with van der Waals surface area (Å²) in [7, 11) is -3.51. The first-order valence-corrected chi connectivity index (χ1v) is 8.57. The van der Waals surface area contributed by atoms with Crippen LogP contribution in [0, 0.1) is 0 Å². The Morgan fingerprint density at radius 1 is 1.25 bits per heavy atom. The highest BCUT2D eigenvalue weighted by Crippen LogP contribution is 2.27. The van der Waals surface area contributed by atoms with Crippen molar-refractivity contribution in [1.82, 2.24) is 9.21 Å². The number of piperazine rings is 1. The Hall–Kier alpha value is -0.670. The van der Waals surface area contributed by atoms with Gasteiger partial charge in [-0.1, -0.05) is 0 Å². The minimum Gasteiger partial charge on any atom is -0.399 e. The molecule has 1 heterocycles. The lowest BCUT2D eigenvalue weighted by atomic mass is 10.3. The van der Waals surface area contributed by atoms with Gasteiger partial charge in [-0.2, -0.15) is 4.31 Å². The highest BCUT2D eigenvalue weighted by atomic mass is 79.9. The molecule has 1 aliphatic heterocycles. The molecule has 112 valence electrons. The highest BCUT2D eigenvalue weighted by Gasteiger charge is 2.29. The van der Waals surface area contributed by atoms with E-state index >= 15 is 0 Å². The van der Waals surface area contributed by atoms with E-state index in [4.69, 9.17) is 10.8 Å². The summed E-state index contributed by atoms with van der Waals surface area (Å²) in [4.78, 5) is 2.28. The molecule has 2 rings (SSSR count). The summed E-state index contributed by atoms with van der Waals surface area (Å²) in [5.74, 6) is 0. The molecule has 0 radical (unpaired) electrons. The van der Waals surface area contributed by atoms with Gasteiger partial charge in [0.1, 0.15) is 0 Å². The molecule has 0 saturated carbocycles. The molecule has 0 unspecified atom stereocenters. The lowest BCUT2D eigenvalue weighted by Gasteiger charge is -2.33. The van der Waals surface area contributed by atoms with Crippen LogP contribution in [0.15, 0.2) is 27.6 Å². The van der Waals surface area contributed by atoms with Crippen LogP contribution in [0.25, 0.3) is 0 Å². The molecule has 0 spiro atoms. The monoisotopic (exact) mass is 363 g/mol. The summed E-state index contributed by atoms with van der Waals surface area (Å²) in [6.07, 6.45) is 0. The van der Waals surface area contributed by atoms with Gasteiger partial charge in [0.05, 0.1) is 11.5 Å². The molecule has 8 heteroatoms. The second kappa shape index (κ2) is 6.40. The Bertz CT molecular complexity index is 571. The zero-order valence-electron chi connectivity index (χ0n) is 11.0. The van der Waals surface area contributed by atoms with Crippen LogP contribution in [-0.2, 0) is 10.0 Å². The first-order valence-electron chi connectivity index (χ1n) is 6.33. The number of halogens is 1. The molecule has 1 aromatic rings. The van der Waals surface area contributed by atoms with Crippen LogP contribution in [-0.4, -0.2) is 62.1 Å². The third-order valence-corrected chi connectivity index (χ3v) is 6.20. The van der Waals surface area contributed by atoms with Crippen molar-refractivity contribution in [2.45, 2.75) is 4.90 Å². The Morgan fingerprint density at radius 2 is 1.90 bits per heavy atom. The summed E-state index contributed by atoms with van der Waals surface area (Å²) < 4.78 is 27.1. The van der Waals surface area contributed by atoms with E-state index in [1.165, 1.54) is 10.4 Å². The molecule has 1 aliphatic rings. The maximum atomic E-state index is 12.6. The molecular weight excluding hydrogens is 346 g/mol. The fraction of sp³-hybridized carbons (Fsp3) is 0.500. The molecule has 1 aromatic carbocycles.